The molecule has 3 rings (SSSR count). The number of carbonyl (C=O) groups is 1. The second-order valence-electron chi connectivity index (χ2n) is 6.22. The predicted molar refractivity (Wildman–Crippen MR) is 87.0 cm³/mol. The first-order valence-electron chi connectivity index (χ1n) is 8.13. The molecule has 1 saturated heterocycles. The number of rotatable bonds is 2. The predicted octanol–water partition coefficient (Wildman–Crippen LogP) is 2.51. The molecule has 1 N–H and O–H groups in total. The average molecular weight is 305 g/mol. The van der Waals surface area contributed by atoms with E-state index in [2.05, 4.69) is 11.8 Å². The summed E-state index contributed by atoms with van der Waals surface area (Å²) in [6.07, 6.45) is 2.84. The van der Waals surface area contributed by atoms with Crippen molar-refractivity contribution in [2.45, 2.75) is 38.2 Å². The molecule has 0 spiro atoms. The van der Waals surface area contributed by atoms with E-state index >= 15 is 0 Å². The Balaban J connectivity index is 0.000000188. The fourth-order valence-corrected chi connectivity index (χ4v) is 3.34. The molecule has 122 valence electrons. The SMILES string of the molecule is CCN1CCC2CC(=O)CCC2(O)C1.COc1ccccc1. The molecule has 2 fully saturated rings. The van der Waals surface area contributed by atoms with Crippen molar-refractivity contribution < 1.29 is 14.6 Å². The lowest BCUT2D eigenvalue weighted by molar-refractivity contribution is -0.139. The number of likely N-dealkylation sites (tertiary alicyclic amines) is 1. The van der Waals surface area contributed by atoms with Crippen LogP contribution in [0.2, 0.25) is 0 Å². The van der Waals surface area contributed by atoms with Gasteiger partial charge in [-0.3, -0.25) is 4.79 Å². The molecule has 1 aliphatic carbocycles. The molecule has 1 heterocycles. The highest BCUT2D eigenvalue weighted by molar-refractivity contribution is 5.79. The fourth-order valence-electron chi connectivity index (χ4n) is 3.34. The van der Waals surface area contributed by atoms with E-state index in [0.29, 0.717) is 25.0 Å². The molecular weight excluding hydrogens is 278 g/mol. The zero-order valence-corrected chi connectivity index (χ0v) is 13.6. The fraction of sp³-hybridized carbons (Fsp3) is 0.611. The molecule has 0 bridgehead atoms. The van der Waals surface area contributed by atoms with Gasteiger partial charge in [-0.2, -0.15) is 0 Å². The van der Waals surface area contributed by atoms with Gasteiger partial charge in [-0.25, -0.2) is 0 Å². The van der Waals surface area contributed by atoms with Gasteiger partial charge in [0.25, 0.3) is 0 Å². The Morgan fingerprint density at radius 3 is 2.68 bits per heavy atom. The number of likely N-dealkylation sites (N-methyl/N-ethyl adjacent to an activating group) is 1. The molecule has 4 heteroatoms. The van der Waals surface area contributed by atoms with Crippen molar-refractivity contribution in [3.8, 4) is 5.75 Å². The third kappa shape index (κ3) is 4.31. The Morgan fingerprint density at radius 1 is 1.36 bits per heavy atom. The van der Waals surface area contributed by atoms with Crippen LogP contribution in [0.15, 0.2) is 30.3 Å². The maximum atomic E-state index is 11.3. The third-order valence-electron chi connectivity index (χ3n) is 4.79. The number of carbonyl (C=O) groups excluding carboxylic acids is 1. The molecule has 1 aliphatic heterocycles. The standard InChI is InChI=1S/C11H19NO2.C7H8O/c1-2-12-6-4-9-7-10(13)3-5-11(9,14)8-12;1-8-7-5-3-2-4-6-7/h9,14H,2-8H2,1H3;2-6H,1H3. The maximum Gasteiger partial charge on any atom is 0.133 e. The minimum Gasteiger partial charge on any atom is -0.497 e. The van der Waals surface area contributed by atoms with Crippen molar-refractivity contribution in [2.24, 2.45) is 5.92 Å². The number of ether oxygens (including phenoxy) is 1. The van der Waals surface area contributed by atoms with E-state index in [9.17, 15) is 9.90 Å². The van der Waals surface area contributed by atoms with Gasteiger partial charge >= 0.3 is 0 Å². The Kier molecular flexibility index (Phi) is 5.98. The first kappa shape index (κ1) is 17.0. The van der Waals surface area contributed by atoms with Gasteiger partial charge in [-0.1, -0.05) is 25.1 Å². The van der Waals surface area contributed by atoms with E-state index in [1.165, 1.54) is 0 Å². The van der Waals surface area contributed by atoms with Crippen LogP contribution in [0, 0.1) is 5.92 Å². The van der Waals surface area contributed by atoms with E-state index < -0.39 is 5.60 Å². The number of benzene rings is 1. The maximum absolute atomic E-state index is 11.3. The van der Waals surface area contributed by atoms with Crippen LogP contribution < -0.4 is 4.74 Å². The first-order chi connectivity index (χ1) is 10.6. The normalized spacial score (nSPS) is 28.3. The quantitative estimate of drug-likeness (QED) is 0.912. The molecule has 1 aromatic rings. The lowest BCUT2D eigenvalue weighted by Crippen LogP contribution is -2.56. The van der Waals surface area contributed by atoms with Gasteiger partial charge in [0.05, 0.1) is 12.7 Å². The van der Waals surface area contributed by atoms with Crippen molar-refractivity contribution in [2.75, 3.05) is 26.7 Å². The van der Waals surface area contributed by atoms with Gasteiger partial charge < -0.3 is 14.7 Å². The summed E-state index contributed by atoms with van der Waals surface area (Å²) in [4.78, 5) is 13.6. The molecule has 2 unspecified atom stereocenters. The number of ketones is 1. The van der Waals surface area contributed by atoms with Crippen molar-refractivity contribution in [1.82, 2.24) is 4.90 Å². The number of fused-ring (bicyclic) bond motifs is 1. The monoisotopic (exact) mass is 305 g/mol. The summed E-state index contributed by atoms with van der Waals surface area (Å²) in [5.74, 6) is 1.48. The number of nitrogens with zero attached hydrogens (tertiary/aromatic N) is 1. The molecule has 0 aromatic heterocycles. The zero-order valence-electron chi connectivity index (χ0n) is 13.6. The van der Waals surface area contributed by atoms with Crippen LogP contribution in [0.1, 0.15) is 32.6 Å². The Hall–Kier alpha value is -1.39. The zero-order chi connectivity index (χ0) is 16.0. The van der Waals surface area contributed by atoms with Gasteiger partial charge in [-0.15, -0.1) is 0 Å². The van der Waals surface area contributed by atoms with Crippen molar-refractivity contribution in [1.29, 1.82) is 0 Å². The number of hydrogen-bond donors (Lipinski definition) is 1. The van der Waals surface area contributed by atoms with E-state index in [4.69, 9.17) is 4.74 Å². The molecule has 0 radical (unpaired) electrons. The molecule has 1 aromatic carbocycles. The summed E-state index contributed by atoms with van der Waals surface area (Å²) in [7, 11) is 1.66. The summed E-state index contributed by atoms with van der Waals surface area (Å²) < 4.78 is 4.91. The highest BCUT2D eigenvalue weighted by Crippen LogP contribution is 2.38. The molecule has 4 nitrogen and oxygen atoms in total. The number of piperidine rings is 1. The van der Waals surface area contributed by atoms with E-state index in [1.54, 1.807) is 7.11 Å². The summed E-state index contributed by atoms with van der Waals surface area (Å²) in [5.41, 5.74) is -0.567. The molecule has 1 saturated carbocycles. The third-order valence-corrected chi connectivity index (χ3v) is 4.79. The van der Waals surface area contributed by atoms with Gasteiger partial charge in [-0.05, 0) is 44.0 Å². The van der Waals surface area contributed by atoms with Gasteiger partial charge in [0, 0.05) is 19.4 Å². The topological polar surface area (TPSA) is 49.8 Å². The number of β-amino-alcohol motifs (C(OH)–C–C–N with tert-alkyl or cyclic N) is 1. The van der Waals surface area contributed by atoms with Gasteiger partial charge in [0.2, 0.25) is 0 Å². The van der Waals surface area contributed by atoms with Crippen LogP contribution in [0.5, 0.6) is 5.75 Å². The molecule has 2 aliphatic rings. The highest BCUT2D eigenvalue weighted by atomic mass is 16.5. The van der Waals surface area contributed by atoms with E-state index in [1.807, 2.05) is 30.3 Å². The summed E-state index contributed by atoms with van der Waals surface area (Å²) in [6.45, 7) is 4.93. The second kappa shape index (κ2) is 7.75. The number of para-hydroxylation sites is 1. The van der Waals surface area contributed by atoms with Gasteiger partial charge in [0.1, 0.15) is 11.5 Å². The van der Waals surface area contributed by atoms with Crippen LogP contribution in [0.4, 0.5) is 0 Å². The molecular formula is C18H27NO3. The summed E-state index contributed by atoms with van der Waals surface area (Å²) in [5, 5.41) is 10.4. The smallest absolute Gasteiger partial charge is 0.133 e. The van der Waals surface area contributed by atoms with Crippen molar-refractivity contribution in [3.05, 3.63) is 30.3 Å². The summed E-state index contributed by atoms with van der Waals surface area (Å²) in [6, 6.07) is 9.68. The first-order valence-corrected chi connectivity index (χ1v) is 8.13. The second-order valence-corrected chi connectivity index (χ2v) is 6.22. The Morgan fingerprint density at radius 2 is 2.09 bits per heavy atom. The largest absolute Gasteiger partial charge is 0.497 e. The van der Waals surface area contributed by atoms with Crippen LogP contribution in [-0.4, -0.2) is 48.1 Å². The summed E-state index contributed by atoms with van der Waals surface area (Å²) >= 11 is 0. The van der Waals surface area contributed by atoms with Crippen LogP contribution in [0.25, 0.3) is 0 Å². The lowest BCUT2D eigenvalue weighted by Gasteiger charge is -2.47. The van der Waals surface area contributed by atoms with Crippen molar-refractivity contribution in [3.63, 3.8) is 0 Å². The van der Waals surface area contributed by atoms with Crippen LogP contribution in [-0.2, 0) is 4.79 Å². The van der Waals surface area contributed by atoms with Gasteiger partial charge in [0.15, 0.2) is 0 Å². The van der Waals surface area contributed by atoms with Crippen molar-refractivity contribution >= 4 is 5.78 Å². The number of hydrogen-bond acceptors (Lipinski definition) is 4. The average Bonchev–Trinajstić information content (AvgIpc) is 2.56. The number of aliphatic hydroxyl groups is 1. The van der Waals surface area contributed by atoms with Crippen LogP contribution in [0.3, 0.4) is 0 Å². The molecule has 22 heavy (non-hydrogen) atoms. The lowest BCUT2D eigenvalue weighted by atomic mass is 9.71. The molecule has 0 amide bonds. The van der Waals surface area contributed by atoms with Crippen LogP contribution >= 0.6 is 0 Å². The molecule has 2 atom stereocenters. The van der Waals surface area contributed by atoms with E-state index in [-0.39, 0.29) is 5.92 Å². The minimum atomic E-state index is -0.567. The number of methoxy groups -OCH3 is 1. The minimum absolute atomic E-state index is 0.228. The highest BCUT2D eigenvalue weighted by Gasteiger charge is 2.44. The van der Waals surface area contributed by atoms with E-state index in [0.717, 1.165) is 31.8 Å². The Bertz CT molecular complexity index is 476. The number of Topliss-reactive ketones (excluding diaryl/α,β-unsaturated/α-hetero) is 1. The Labute approximate surface area is 133 Å².